The van der Waals surface area contributed by atoms with Crippen LogP contribution in [0.5, 0.6) is 0 Å². The molecule has 1 atom stereocenters. The lowest BCUT2D eigenvalue weighted by Crippen LogP contribution is -2.52. The van der Waals surface area contributed by atoms with Crippen molar-refractivity contribution < 1.29 is 8.42 Å². The molecule has 0 spiro atoms. The number of rotatable bonds is 4. The first-order chi connectivity index (χ1) is 10.1. The summed E-state index contributed by atoms with van der Waals surface area (Å²) < 4.78 is 23.6. The average molecular weight is 304 g/mol. The maximum atomic E-state index is 11.8. The molecule has 1 aliphatic carbocycles. The Labute approximate surface area is 126 Å². The predicted molar refractivity (Wildman–Crippen MR) is 81.6 cm³/mol. The molecule has 1 aliphatic heterocycles. The third-order valence-corrected chi connectivity index (χ3v) is 7.10. The van der Waals surface area contributed by atoms with Crippen LogP contribution in [0.2, 0.25) is 0 Å². The van der Waals surface area contributed by atoms with Crippen molar-refractivity contribution in [2.24, 2.45) is 0 Å². The van der Waals surface area contributed by atoms with Gasteiger partial charge < -0.3 is 5.32 Å². The molecule has 21 heavy (non-hydrogen) atoms. The average Bonchev–Trinajstić information content (AvgIpc) is 2.78. The molecule has 0 aromatic heterocycles. The Morgan fingerprint density at radius 2 is 2.00 bits per heavy atom. The number of nitrogens with one attached hydrogen (secondary N) is 1. The third kappa shape index (κ3) is 2.70. The van der Waals surface area contributed by atoms with Crippen LogP contribution < -0.4 is 5.32 Å². The van der Waals surface area contributed by atoms with E-state index in [9.17, 15) is 13.7 Å². The van der Waals surface area contributed by atoms with E-state index in [1.165, 1.54) is 0 Å². The largest absolute Gasteiger partial charge is 0.313 e. The van der Waals surface area contributed by atoms with Crippen molar-refractivity contribution in [2.75, 3.05) is 12.3 Å². The summed E-state index contributed by atoms with van der Waals surface area (Å²) in [5.41, 5.74) is 0.673. The molecule has 1 unspecified atom stereocenters. The maximum Gasteiger partial charge on any atom is 0.154 e. The van der Waals surface area contributed by atoms with Gasteiger partial charge in [0.15, 0.2) is 9.84 Å². The van der Waals surface area contributed by atoms with Gasteiger partial charge in [0, 0.05) is 12.6 Å². The van der Waals surface area contributed by atoms with Crippen LogP contribution in [0.3, 0.4) is 0 Å². The zero-order valence-electron chi connectivity index (χ0n) is 12.0. The van der Waals surface area contributed by atoms with Crippen molar-refractivity contribution in [1.82, 2.24) is 5.32 Å². The Morgan fingerprint density at radius 1 is 1.29 bits per heavy atom. The van der Waals surface area contributed by atoms with Gasteiger partial charge in [-0.05, 0) is 31.2 Å². The molecule has 3 rings (SSSR count). The van der Waals surface area contributed by atoms with Crippen LogP contribution in [0.1, 0.15) is 31.2 Å². The first kappa shape index (κ1) is 14.6. The van der Waals surface area contributed by atoms with Crippen molar-refractivity contribution in [2.45, 2.75) is 42.4 Å². The number of nitrogens with zero attached hydrogens (tertiary/aromatic N) is 1. The summed E-state index contributed by atoms with van der Waals surface area (Å²) in [6.07, 6.45) is 3.08. The Bertz CT molecular complexity index is 643. The maximum absolute atomic E-state index is 11.8. The van der Waals surface area contributed by atoms with Crippen LogP contribution in [0.4, 0.5) is 0 Å². The summed E-state index contributed by atoms with van der Waals surface area (Å²) in [7, 11) is -2.88. The Hall–Kier alpha value is -1.38. The van der Waals surface area contributed by atoms with Gasteiger partial charge >= 0.3 is 0 Å². The standard InChI is InChI=1S/C16H20N2O2S/c17-12-16(13-5-2-1-3-6-13)9-14(10-16)18-11-15-7-4-8-21(15,19)20/h1-3,5-6,14-15,18H,4,7-11H2. The van der Waals surface area contributed by atoms with Gasteiger partial charge in [-0.2, -0.15) is 5.26 Å². The number of benzene rings is 1. The van der Waals surface area contributed by atoms with Crippen molar-refractivity contribution >= 4 is 9.84 Å². The summed E-state index contributed by atoms with van der Waals surface area (Å²) in [5, 5.41) is 12.6. The summed E-state index contributed by atoms with van der Waals surface area (Å²) in [4.78, 5) is 0. The van der Waals surface area contributed by atoms with Gasteiger partial charge in [0.1, 0.15) is 0 Å². The molecule has 1 aromatic rings. The van der Waals surface area contributed by atoms with Crippen molar-refractivity contribution in [3.63, 3.8) is 0 Å². The highest BCUT2D eigenvalue weighted by Gasteiger charge is 2.46. The fourth-order valence-electron chi connectivity index (χ4n) is 3.46. The predicted octanol–water partition coefficient (Wildman–Crippen LogP) is 1.78. The van der Waals surface area contributed by atoms with E-state index in [2.05, 4.69) is 11.4 Å². The molecule has 0 amide bonds. The fraction of sp³-hybridized carbons (Fsp3) is 0.562. The van der Waals surface area contributed by atoms with Crippen LogP contribution in [0, 0.1) is 11.3 Å². The van der Waals surface area contributed by atoms with E-state index in [1.807, 2.05) is 30.3 Å². The molecule has 5 heteroatoms. The molecule has 0 radical (unpaired) electrons. The summed E-state index contributed by atoms with van der Waals surface area (Å²) >= 11 is 0. The van der Waals surface area contributed by atoms with Crippen molar-refractivity contribution in [3.05, 3.63) is 35.9 Å². The Kier molecular flexibility index (Phi) is 3.76. The molecular weight excluding hydrogens is 284 g/mol. The van der Waals surface area contributed by atoms with E-state index >= 15 is 0 Å². The third-order valence-electron chi connectivity index (χ3n) is 4.83. The minimum Gasteiger partial charge on any atom is -0.313 e. The highest BCUT2D eigenvalue weighted by Crippen LogP contribution is 2.43. The number of sulfone groups is 1. The van der Waals surface area contributed by atoms with Gasteiger partial charge in [-0.15, -0.1) is 0 Å². The molecule has 2 fully saturated rings. The smallest absolute Gasteiger partial charge is 0.154 e. The quantitative estimate of drug-likeness (QED) is 0.920. The number of nitriles is 1. The van der Waals surface area contributed by atoms with Crippen LogP contribution in [0.25, 0.3) is 0 Å². The molecular formula is C16H20N2O2S. The van der Waals surface area contributed by atoms with E-state index < -0.39 is 15.3 Å². The van der Waals surface area contributed by atoms with Gasteiger partial charge in [-0.1, -0.05) is 30.3 Å². The first-order valence-corrected chi connectivity index (χ1v) is 9.19. The van der Waals surface area contributed by atoms with Crippen molar-refractivity contribution in [1.29, 1.82) is 5.26 Å². The zero-order chi connectivity index (χ0) is 14.9. The van der Waals surface area contributed by atoms with Crippen LogP contribution in [0.15, 0.2) is 30.3 Å². The van der Waals surface area contributed by atoms with Gasteiger partial charge in [-0.25, -0.2) is 8.42 Å². The molecule has 1 aromatic carbocycles. The normalized spacial score (nSPS) is 34.0. The van der Waals surface area contributed by atoms with Gasteiger partial charge in [0.25, 0.3) is 0 Å². The molecule has 0 bridgehead atoms. The minimum absolute atomic E-state index is 0.230. The lowest BCUT2D eigenvalue weighted by molar-refractivity contribution is 0.227. The fourth-order valence-corrected chi connectivity index (χ4v) is 5.24. The second kappa shape index (κ2) is 5.43. The molecule has 2 aliphatic rings. The molecule has 1 saturated carbocycles. The molecule has 1 saturated heterocycles. The first-order valence-electron chi connectivity index (χ1n) is 7.47. The highest BCUT2D eigenvalue weighted by atomic mass is 32.2. The molecule has 1 N–H and O–H groups in total. The minimum atomic E-state index is -2.88. The summed E-state index contributed by atoms with van der Waals surface area (Å²) in [6, 6.07) is 12.6. The van der Waals surface area contributed by atoms with Crippen LogP contribution in [-0.4, -0.2) is 32.0 Å². The highest BCUT2D eigenvalue weighted by molar-refractivity contribution is 7.92. The van der Waals surface area contributed by atoms with E-state index in [0.29, 0.717) is 12.3 Å². The molecule has 4 nitrogen and oxygen atoms in total. The zero-order valence-corrected chi connectivity index (χ0v) is 12.8. The molecule has 112 valence electrons. The van der Waals surface area contributed by atoms with Crippen LogP contribution >= 0.6 is 0 Å². The van der Waals surface area contributed by atoms with Crippen LogP contribution in [-0.2, 0) is 15.3 Å². The van der Waals surface area contributed by atoms with E-state index in [-0.39, 0.29) is 11.3 Å². The second-order valence-electron chi connectivity index (χ2n) is 6.20. The van der Waals surface area contributed by atoms with E-state index in [4.69, 9.17) is 0 Å². The summed E-state index contributed by atoms with van der Waals surface area (Å²) in [6.45, 7) is 0.531. The van der Waals surface area contributed by atoms with Crippen molar-refractivity contribution in [3.8, 4) is 6.07 Å². The van der Waals surface area contributed by atoms with E-state index in [0.717, 1.165) is 31.2 Å². The lowest BCUT2D eigenvalue weighted by Gasteiger charge is -2.43. The van der Waals surface area contributed by atoms with Gasteiger partial charge in [-0.3, -0.25) is 0 Å². The Morgan fingerprint density at radius 3 is 2.57 bits per heavy atom. The second-order valence-corrected chi connectivity index (χ2v) is 8.61. The summed E-state index contributed by atoms with van der Waals surface area (Å²) in [5.74, 6) is 0.330. The monoisotopic (exact) mass is 304 g/mol. The Balaban J connectivity index is 1.57. The number of hydrogen-bond acceptors (Lipinski definition) is 4. The molecule has 1 heterocycles. The van der Waals surface area contributed by atoms with Gasteiger partial charge in [0.05, 0.1) is 22.5 Å². The SMILES string of the molecule is N#CC1(c2ccccc2)CC(NCC2CCCS2(=O)=O)C1. The van der Waals surface area contributed by atoms with Gasteiger partial charge in [0.2, 0.25) is 0 Å². The lowest BCUT2D eigenvalue weighted by atomic mass is 9.62. The topological polar surface area (TPSA) is 70.0 Å². The van der Waals surface area contributed by atoms with E-state index in [1.54, 1.807) is 0 Å². The number of hydrogen-bond donors (Lipinski definition) is 1.